The van der Waals surface area contributed by atoms with Crippen LogP contribution in [0.2, 0.25) is 0 Å². The van der Waals surface area contributed by atoms with E-state index in [-0.39, 0.29) is 24.0 Å². The van der Waals surface area contributed by atoms with Crippen molar-refractivity contribution in [3.05, 3.63) is 35.6 Å². The molecule has 112 valence electrons. The molecule has 1 saturated carbocycles. The van der Waals surface area contributed by atoms with Crippen molar-refractivity contribution in [2.45, 2.75) is 51.8 Å². The van der Waals surface area contributed by atoms with E-state index in [9.17, 15) is 9.50 Å². The van der Waals surface area contributed by atoms with E-state index < -0.39 is 0 Å². The molecule has 0 aromatic heterocycles. The quantitative estimate of drug-likeness (QED) is 0.913. The summed E-state index contributed by atoms with van der Waals surface area (Å²) in [5.41, 5.74) is 0.702. The maximum atomic E-state index is 13.9. The van der Waals surface area contributed by atoms with E-state index in [1.165, 1.54) is 6.07 Å². The first-order chi connectivity index (χ1) is 9.41. The average Bonchev–Trinajstić information content (AvgIpc) is 2.37. The van der Waals surface area contributed by atoms with Crippen molar-refractivity contribution < 1.29 is 9.50 Å². The van der Waals surface area contributed by atoms with Gasteiger partial charge >= 0.3 is 0 Å². The lowest BCUT2D eigenvalue weighted by Gasteiger charge is -2.44. The highest BCUT2D eigenvalue weighted by Crippen LogP contribution is 2.35. The monoisotopic (exact) mass is 279 g/mol. The van der Waals surface area contributed by atoms with Gasteiger partial charge in [0.1, 0.15) is 5.82 Å². The van der Waals surface area contributed by atoms with Gasteiger partial charge in [-0.1, -0.05) is 32.0 Å². The average molecular weight is 279 g/mol. The number of rotatable bonds is 3. The summed E-state index contributed by atoms with van der Waals surface area (Å²) in [4.78, 5) is 2.14. The SMILES string of the molecule is CC1CC(C)C(N(C)C(C)c2ccccc2F)C(O)C1. The molecule has 0 saturated heterocycles. The van der Waals surface area contributed by atoms with Gasteiger partial charge in [-0.2, -0.15) is 0 Å². The van der Waals surface area contributed by atoms with Crippen LogP contribution < -0.4 is 0 Å². The Morgan fingerprint density at radius 1 is 1.25 bits per heavy atom. The van der Waals surface area contributed by atoms with Crippen LogP contribution in [0.5, 0.6) is 0 Å². The van der Waals surface area contributed by atoms with Gasteiger partial charge < -0.3 is 5.11 Å². The second kappa shape index (κ2) is 6.23. The molecule has 1 aliphatic carbocycles. The Kier molecular flexibility index (Phi) is 4.82. The van der Waals surface area contributed by atoms with E-state index in [1.807, 2.05) is 26.1 Å². The lowest BCUT2D eigenvalue weighted by Crippen LogP contribution is -2.50. The Hall–Kier alpha value is -0.930. The molecule has 0 aliphatic heterocycles. The molecule has 1 fully saturated rings. The van der Waals surface area contributed by atoms with E-state index in [4.69, 9.17) is 0 Å². The molecule has 20 heavy (non-hydrogen) atoms. The van der Waals surface area contributed by atoms with Gasteiger partial charge in [-0.05, 0) is 44.7 Å². The second-order valence-electron chi connectivity index (χ2n) is 6.47. The number of hydrogen-bond acceptors (Lipinski definition) is 2. The number of benzene rings is 1. The fraction of sp³-hybridized carbons (Fsp3) is 0.647. The van der Waals surface area contributed by atoms with Crippen LogP contribution in [-0.2, 0) is 0 Å². The van der Waals surface area contributed by atoms with E-state index in [2.05, 4.69) is 18.7 Å². The third-order valence-corrected chi connectivity index (χ3v) is 4.83. The highest BCUT2D eigenvalue weighted by atomic mass is 19.1. The molecule has 5 atom stereocenters. The second-order valence-corrected chi connectivity index (χ2v) is 6.47. The van der Waals surface area contributed by atoms with Crippen LogP contribution >= 0.6 is 0 Å². The minimum absolute atomic E-state index is 0.0355. The molecule has 5 unspecified atom stereocenters. The highest BCUT2D eigenvalue weighted by molar-refractivity contribution is 5.21. The van der Waals surface area contributed by atoms with Crippen LogP contribution in [0, 0.1) is 17.7 Å². The molecule has 1 aliphatic rings. The Balaban J connectivity index is 2.18. The van der Waals surface area contributed by atoms with E-state index in [0.717, 1.165) is 12.8 Å². The summed E-state index contributed by atoms with van der Waals surface area (Å²) >= 11 is 0. The molecule has 2 rings (SSSR count). The minimum atomic E-state index is -0.326. The van der Waals surface area contributed by atoms with Crippen molar-refractivity contribution in [2.75, 3.05) is 7.05 Å². The van der Waals surface area contributed by atoms with Crippen LogP contribution in [0.25, 0.3) is 0 Å². The zero-order valence-electron chi connectivity index (χ0n) is 12.9. The smallest absolute Gasteiger partial charge is 0.127 e. The van der Waals surface area contributed by atoms with Crippen molar-refractivity contribution in [2.24, 2.45) is 11.8 Å². The number of nitrogens with zero attached hydrogens (tertiary/aromatic N) is 1. The molecule has 1 aromatic rings. The molecule has 0 bridgehead atoms. The maximum absolute atomic E-state index is 13.9. The Labute approximate surface area is 121 Å². The van der Waals surface area contributed by atoms with Crippen LogP contribution in [0.3, 0.4) is 0 Å². The normalized spacial score (nSPS) is 32.4. The van der Waals surface area contributed by atoms with Crippen LogP contribution in [0.1, 0.15) is 45.2 Å². The first kappa shape index (κ1) is 15.5. The van der Waals surface area contributed by atoms with Crippen LogP contribution in [0.15, 0.2) is 24.3 Å². The van der Waals surface area contributed by atoms with Gasteiger partial charge in [0.05, 0.1) is 6.10 Å². The van der Waals surface area contributed by atoms with Gasteiger partial charge in [-0.25, -0.2) is 4.39 Å². The van der Waals surface area contributed by atoms with Gasteiger partial charge in [0.2, 0.25) is 0 Å². The van der Waals surface area contributed by atoms with E-state index >= 15 is 0 Å². The predicted octanol–water partition coefficient (Wildman–Crippen LogP) is 3.61. The molecule has 2 nitrogen and oxygen atoms in total. The number of halogens is 1. The summed E-state index contributed by atoms with van der Waals surface area (Å²) in [5.74, 6) is 0.819. The van der Waals surface area contributed by atoms with Gasteiger partial charge in [0.15, 0.2) is 0 Å². The lowest BCUT2D eigenvalue weighted by molar-refractivity contribution is -0.0284. The summed E-state index contributed by atoms with van der Waals surface area (Å²) in [6.07, 6.45) is 1.63. The fourth-order valence-corrected chi connectivity index (χ4v) is 3.77. The zero-order valence-corrected chi connectivity index (χ0v) is 12.9. The highest BCUT2D eigenvalue weighted by Gasteiger charge is 2.37. The van der Waals surface area contributed by atoms with Gasteiger partial charge in [0, 0.05) is 17.6 Å². The van der Waals surface area contributed by atoms with Crippen LogP contribution in [0.4, 0.5) is 4.39 Å². The number of aliphatic hydroxyl groups is 1. The topological polar surface area (TPSA) is 23.5 Å². The molecular formula is C17H26FNO. The molecule has 0 heterocycles. The molecule has 0 amide bonds. The summed E-state index contributed by atoms with van der Waals surface area (Å²) < 4.78 is 13.9. The van der Waals surface area contributed by atoms with Crippen molar-refractivity contribution in [1.82, 2.24) is 4.90 Å². The number of likely N-dealkylation sites (N-methyl/N-ethyl adjacent to an activating group) is 1. The first-order valence-electron chi connectivity index (χ1n) is 7.56. The maximum Gasteiger partial charge on any atom is 0.127 e. The summed E-state index contributed by atoms with van der Waals surface area (Å²) in [6, 6.07) is 6.98. The molecular weight excluding hydrogens is 253 g/mol. The standard InChI is InChI=1S/C17H26FNO/c1-11-9-12(2)17(16(20)10-11)19(4)13(3)14-7-5-6-8-15(14)18/h5-8,11-13,16-17,20H,9-10H2,1-4H3. The van der Waals surface area contributed by atoms with Crippen molar-refractivity contribution in [3.63, 3.8) is 0 Å². The summed E-state index contributed by atoms with van der Waals surface area (Å²) in [5, 5.41) is 10.4. The Morgan fingerprint density at radius 3 is 2.50 bits per heavy atom. The molecule has 0 spiro atoms. The fourth-order valence-electron chi connectivity index (χ4n) is 3.77. The van der Waals surface area contributed by atoms with Crippen molar-refractivity contribution in [3.8, 4) is 0 Å². The molecule has 3 heteroatoms. The largest absolute Gasteiger partial charge is 0.391 e. The van der Waals surface area contributed by atoms with E-state index in [1.54, 1.807) is 6.07 Å². The predicted molar refractivity (Wildman–Crippen MR) is 79.9 cm³/mol. The third kappa shape index (κ3) is 3.04. The van der Waals surface area contributed by atoms with Crippen molar-refractivity contribution in [1.29, 1.82) is 0 Å². The summed E-state index contributed by atoms with van der Waals surface area (Å²) in [7, 11) is 2.00. The van der Waals surface area contributed by atoms with Gasteiger partial charge in [-0.15, -0.1) is 0 Å². The molecule has 1 N–H and O–H groups in total. The number of hydrogen-bond donors (Lipinski definition) is 1. The first-order valence-corrected chi connectivity index (χ1v) is 7.56. The lowest BCUT2D eigenvalue weighted by atomic mass is 9.77. The third-order valence-electron chi connectivity index (χ3n) is 4.83. The molecule has 1 aromatic carbocycles. The van der Waals surface area contributed by atoms with Gasteiger partial charge in [0.25, 0.3) is 0 Å². The van der Waals surface area contributed by atoms with Crippen LogP contribution in [-0.4, -0.2) is 29.2 Å². The zero-order chi connectivity index (χ0) is 14.9. The Morgan fingerprint density at radius 2 is 1.90 bits per heavy atom. The molecule has 0 radical (unpaired) electrons. The van der Waals surface area contributed by atoms with E-state index in [0.29, 0.717) is 17.4 Å². The Bertz CT molecular complexity index is 438. The number of aliphatic hydroxyl groups excluding tert-OH is 1. The summed E-state index contributed by atoms with van der Waals surface area (Å²) in [6.45, 7) is 6.39. The van der Waals surface area contributed by atoms with Crippen molar-refractivity contribution >= 4 is 0 Å². The minimum Gasteiger partial charge on any atom is -0.391 e. The van der Waals surface area contributed by atoms with Gasteiger partial charge in [-0.3, -0.25) is 4.90 Å².